The quantitative estimate of drug-likeness (QED) is 0.460. The highest BCUT2D eigenvalue weighted by Gasteiger charge is 2.20. The molecule has 0 aliphatic heterocycles. The van der Waals surface area contributed by atoms with Crippen LogP contribution in [0.4, 0.5) is 11.4 Å². The number of hydrogen-bond acceptors (Lipinski definition) is 6. The van der Waals surface area contributed by atoms with Gasteiger partial charge in [-0.15, -0.1) is 0 Å². The average Bonchev–Trinajstić information content (AvgIpc) is 2.58. The molecule has 10 nitrogen and oxygen atoms in total. The molecule has 0 aliphatic rings. The molecule has 2 aromatic rings. The Morgan fingerprint density at radius 1 is 1.07 bits per heavy atom. The molecule has 2 aromatic carbocycles. The number of nitrogens with two attached hydrogens (primary N) is 1. The Balaban J connectivity index is 2.40. The summed E-state index contributed by atoms with van der Waals surface area (Å²) in [6.45, 7) is 0. The number of benzene rings is 2. The van der Waals surface area contributed by atoms with Crippen LogP contribution >= 0.6 is 0 Å². The van der Waals surface area contributed by atoms with E-state index in [1.54, 1.807) is 0 Å². The molecular formula is C16H17N3O7S2. The first-order chi connectivity index (χ1) is 13.0. The molecular weight excluding hydrogens is 410 g/mol. The molecule has 0 saturated heterocycles. The van der Waals surface area contributed by atoms with Crippen LogP contribution in [0, 0.1) is 0 Å². The van der Waals surface area contributed by atoms with E-state index in [1.165, 1.54) is 55.7 Å². The van der Waals surface area contributed by atoms with Crippen molar-refractivity contribution in [3.05, 3.63) is 54.1 Å². The zero-order valence-electron chi connectivity index (χ0n) is 14.5. The van der Waals surface area contributed by atoms with Crippen molar-refractivity contribution in [3.63, 3.8) is 0 Å². The third-order valence-corrected chi connectivity index (χ3v) is 5.19. The summed E-state index contributed by atoms with van der Waals surface area (Å²) in [5.74, 6) is -1.14. The predicted molar refractivity (Wildman–Crippen MR) is 104 cm³/mol. The lowest BCUT2D eigenvalue weighted by molar-refractivity contribution is -0.131. The van der Waals surface area contributed by atoms with E-state index in [4.69, 9.17) is 15.0 Å². The summed E-state index contributed by atoms with van der Waals surface area (Å²) in [6, 6.07) is 9.58. The van der Waals surface area contributed by atoms with E-state index in [0.29, 0.717) is 5.56 Å². The van der Waals surface area contributed by atoms with E-state index in [2.05, 4.69) is 4.72 Å². The van der Waals surface area contributed by atoms with Crippen LogP contribution in [0.1, 0.15) is 5.56 Å². The van der Waals surface area contributed by atoms with E-state index >= 15 is 0 Å². The van der Waals surface area contributed by atoms with Crippen LogP contribution in [0.25, 0.3) is 6.08 Å². The molecule has 5 N–H and O–H groups in total. The minimum Gasteiger partial charge on any atom is -0.495 e. The SMILES string of the molecule is COc1ccc(/C=C/C(=O)O)cc1S(=O)(=O)Nc1cccc(NS(N)(=O)=O)c1. The molecule has 0 bridgehead atoms. The average molecular weight is 427 g/mol. The number of carbonyl (C=O) groups is 1. The van der Waals surface area contributed by atoms with E-state index in [0.717, 1.165) is 6.08 Å². The number of sulfonamides is 1. The van der Waals surface area contributed by atoms with Gasteiger partial charge in [0, 0.05) is 6.08 Å². The van der Waals surface area contributed by atoms with Crippen molar-refractivity contribution in [1.29, 1.82) is 0 Å². The number of hydrogen-bond donors (Lipinski definition) is 4. The lowest BCUT2D eigenvalue weighted by Crippen LogP contribution is -2.21. The number of nitrogens with one attached hydrogen (secondary N) is 2. The minimum atomic E-state index is -4.14. The van der Waals surface area contributed by atoms with Gasteiger partial charge in [0.2, 0.25) is 0 Å². The molecule has 0 saturated carbocycles. The highest BCUT2D eigenvalue weighted by molar-refractivity contribution is 7.92. The zero-order chi connectivity index (χ0) is 20.9. The van der Waals surface area contributed by atoms with Crippen LogP contribution in [-0.2, 0) is 25.0 Å². The fourth-order valence-electron chi connectivity index (χ4n) is 2.20. The van der Waals surface area contributed by atoms with Gasteiger partial charge < -0.3 is 9.84 Å². The Hall–Kier alpha value is -3.09. The van der Waals surface area contributed by atoms with Crippen LogP contribution in [0.3, 0.4) is 0 Å². The number of carboxylic acid groups (broad SMARTS) is 1. The predicted octanol–water partition coefficient (Wildman–Crippen LogP) is 1.21. The van der Waals surface area contributed by atoms with Gasteiger partial charge in [-0.3, -0.25) is 9.44 Å². The second kappa shape index (κ2) is 8.29. The lowest BCUT2D eigenvalue weighted by atomic mass is 10.2. The fraction of sp³-hybridized carbons (Fsp3) is 0.0625. The highest BCUT2D eigenvalue weighted by Crippen LogP contribution is 2.28. The summed E-state index contributed by atoms with van der Waals surface area (Å²) in [6.07, 6.45) is 2.10. The molecule has 0 aromatic heterocycles. The first-order valence-electron chi connectivity index (χ1n) is 7.52. The van der Waals surface area contributed by atoms with E-state index in [-0.39, 0.29) is 22.0 Å². The molecule has 2 rings (SSSR count). The first kappa shape index (κ1) is 21.2. The van der Waals surface area contributed by atoms with Gasteiger partial charge in [-0.25, -0.2) is 18.4 Å². The Morgan fingerprint density at radius 2 is 1.71 bits per heavy atom. The molecule has 28 heavy (non-hydrogen) atoms. The van der Waals surface area contributed by atoms with Gasteiger partial charge >= 0.3 is 5.97 Å². The number of aliphatic carboxylic acids is 1. The maximum Gasteiger partial charge on any atom is 0.328 e. The Morgan fingerprint density at radius 3 is 2.29 bits per heavy atom. The largest absolute Gasteiger partial charge is 0.495 e. The molecule has 0 radical (unpaired) electrons. The second-order valence-corrected chi connectivity index (χ2v) is 8.36. The summed E-state index contributed by atoms with van der Waals surface area (Å²) < 4.78 is 57.2. The normalized spacial score (nSPS) is 11.9. The van der Waals surface area contributed by atoms with Crippen molar-refractivity contribution >= 4 is 43.7 Å². The third-order valence-electron chi connectivity index (χ3n) is 3.27. The van der Waals surface area contributed by atoms with Gasteiger partial charge in [0.25, 0.3) is 20.2 Å². The number of methoxy groups -OCH3 is 1. The maximum absolute atomic E-state index is 12.8. The van der Waals surface area contributed by atoms with Gasteiger partial charge in [-0.05, 0) is 42.0 Å². The van der Waals surface area contributed by atoms with Crippen LogP contribution in [-0.4, -0.2) is 35.0 Å². The highest BCUT2D eigenvalue weighted by atomic mass is 32.2. The first-order valence-corrected chi connectivity index (χ1v) is 10.6. The topological polar surface area (TPSA) is 165 Å². The van der Waals surface area contributed by atoms with E-state index < -0.39 is 26.2 Å². The number of ether oxygens (including phenoxy) is 1. The number of rotatable bonds is 8. The zero-order valence-corrected chi connectivity index (χ0v) is 16.1. The molecule has 0 aliphatic carbocycles. The molecule has 0 fully saturated rings. The molecule has 0 amide bonds. The molecule has 0 heterocycles. The third kappa shape index (κ3) is 5.97. The minimum absolute atomic E-state index is 0.0405. The maximum atomic E-state index is 12.8. The van der Waals surface area contributed by atoms with Gasteiger partial charge in [0.05, 0.1) is 18.5 Å². The molecule has 12 heteroatoms. The second-order valence-electron chi connectivity index (χ2n) is 5.42. The monoisotopic (exact) mass is 427 g/mol. The molecule has 0 unspecified atom stereocenters. The lowest BCUT2D eigenvalue weighted by Gasteiger charge is -2.13. The van der Waals surface area contributed by atoms with Crippen molar-refractivity contribution in [2.24, 2.45) is 5.14 Å². The van der Waals surface area contributed by atoms with Crippen LogP contribution in [0.5, 0.6) is 5.75 Å². The standard InChI is InChI=1S/C16H17N3O7S2/c1-26-14-7-5-11(6-8-16(20)21)9-15(14)27(22,23)18-12-3-2-4-13(10-12)19-28(17,24)25/h2-10,18-19H,1H3,(H,20,21)(H2,17,24,25)/b8-6+. The fourth-order valence-corrected chi connectivity index (χ4v) is 3.91. The van der Waals surface area contributed by atoms with Crippen molar-refractivity contribution in [1.82, 2.24) is 0 Å². The van der Waals surface area contributed by atoms with Crippen molar-refractivity contribution in [2.75, 3.05) is 16.6 Å². The molecule has 150 valence electrons. The van der Waals surface area contributed by atoms with E-state index in [1.807, 2.05) is 4.72 Å². The Kier molecular flexibility index (Phi) is 6.28. The van der Waals surface area contributed by atoms with Crippen molar-refractivity contribution in [3.8, 4) is 5.75 Å². The van der Waals surface area contributed by atoms with Crippen LogP contribution < -0.4 is 19.3 Å². The van der Waals surface area contributed by atoms with Crippen molar-refractivity contribution < 1.29 is 31.5 Å². The van der Waals surface area contributed by atoms with Crippen molar-refractivity contribution in [2.45, 2.75) is 4.90 Å². The molecule has 0 atom stereocenters. The number of anilines is 2. The van der Waals surface area contributed by atoms with Gasteiger partial charge in [0.1, 0.15) is 10.6 Å². The van der Waals surface area contributed by atoms with Crippen LogP contribution in [0.2, 0.25) is 0 Å². The Bertz CT molecular complexity index is 1130. The van der Waals surface area contributed by atoms with Gasteiger partial charge in [-0.2, -0.15) is 8.42 Å². The summed E-state index contributed by atoms with van der Waals surface area (Å²) in [5, 5.41) is 13.6. The van der Waals surface area contributed by atoms with Gasteiger partial charge in [-0.1, -0.05) is 12.1 Å². The Labute approximate surface area is 161 Å². The summed E-state index contributed by atoms with van der Waals surface area (Å²) in [5.41, 5.74) is 0.461. The van der Waals surface area contributed by atoms with Gasteiger partial charge in [0.15, 0.2) is 0 Å². The summed E-state index contributed by atoms with van der Waals surface area (Å²) >= 11 is 0. The smallest absolute Gasteiger partial charge is 0.328 e. The van der Waals surface area contributed by atoms with Crippen LogP contribution in [0.15, 0.2) is 53.4 Å². The summed E-state index contributed by atoms with van der Waals surface area (Å²) in [4.78, 5) is 10.4. The number of carboxylic acids is 1. The summed E-state index contributed by atoms with van der Waals surface area (Å²) in [7, 11) is -6.88. The molecule has 0 spiro atoms. The van der Waals surface area contributed by atoms with E-state index in [9.17, 15) is 21.6 Å².